The van der Waals surface area contributed by atoms with Crippen LogP contribution in [0, 0.1) is 17.0 Å². The SMILES string of the molecule is Cc1ccc(N2C(=O)CC(N(CC3CCCO3)C(=O)c3ccc([N+](=O)[O-])cc3)C2=O)cc1. The van der Waals surface area contributed by atoms with Crippen molar-refractivity contribution in [2.24, 2.45) is 0 Å². The van der Waals surface area contributed by atoms with Crippen LogP contribution < -0.4 is 4.90 Å². The number of hydrogen-bond donors (Lipinski definition) is 0. The number of aryl methyl sites for hydroxylation is 1. The van der Waals surface area contributed by atoms with Gasteiger partial charge in [0, 0.05) is 30.8 Å². The number of hydrogen-bond acceptors (Lipinski definition) is 6. The van der Waals surface area contributed by atoms with Gasteiger partial charge in [-0.1, -0.05) is 17.7 Å². The summed E-state index contributed by atoms with van der Waals surface area (Å²) >= 11 is 0. The molecule has 0 aliphatic carbocycles. The van der Waals surface area contributed by atoms with Gasteiger partial charge in [-0.15, -0.1) is 0 Å². The second kappa shape index (κ2) is 8.88. The van der Waals surface area contributed by atoms with Crippen molar-refractivity contribution in [2.75, 3.05) is 18.1 Å². The molecule has 166 valence electrons. The summed E-state index contributed by atoms with van der Waals surface area (Å²) in [5.74, 6) is -1.31. The number of ether oxygens (including phenoxy) is 1. The number of non-ortho nitro benzene ring substituents is 1. The van der Waals surface area contributed by atoms with Crippen LogP contribution in [0.2, 0.25) is 0 Å². The van der Waals surface area contributed by atoms with Gasteiger partial charge in [0.2, 0.25) is 5.91 Å². The molecule has 9 heteroatoms. The van der Waals surface area contributed by atoms with Crippen molar-refractivity contribution in [1.82, 2.24) is 4.90 Å². The highest BCUT2D eigenvalue weighted by atomic mass is 16.6. The molecule has 2 atom stereocenters. The highest BCUT2D eigenvalue weighted by molar-refractivity contribution is 6.23. The van der Waals surface area contributed by atoms with Crippen LogP contribution in [0.5, 0.6) is 0 Å². The fourth-order valence-electron chi connectivity index (χ4n) is 4.08. The maximum atomic E-state index is 13.4. The fourth-order valence-corrected chi connectivity index (χ4v) is 4.08. The van der Waals surface area contributed by atoms with Crippen molar-refractivity contribution in [3.8, 4) is 0 Å². The normalized spacial score (nSPS) is 20.6. The van der Waals surface area contributed by atoms with Crippen LogP contribution in [-0.4, -0.2) is 52.8 Å². The Hall–Kier alpha value is -3.59. The number of amides is 3. The molecule has 2 saturated heterocycles. The Kier molecular flexibility index (Phi) is 6.00. The molecule has 0 spiro atoms. The summed E-state index contributed by atoms with van der Waals surface area (Å²) in [6.45, 7) is 2.66. The first-order chi connectivity index (χ1) is 15.3. The molecule has 2 aliphatic heterocycles. The van der Waals surface area contributed by atoms with Crippen molar-refractivity contribution < 1.29 is 24.0 Å². The lowest BCUT2D eigenvalue weighted by Gasteiger charge is -2.30. The van der Waals surface area contributed by atoms with E-state index in [0.717, 1.165) is 23.3 Å². The molecule has 0 radical (unpaired) electrons. The third-order valence-electron chi connectivity index (χ3n) is 5.80. The molecule has 2 fully saturated rings. The summed E-state index contributed by atoms with van der Waals surface area (Å²) in [6, 6.07) is 11.3. The highest BCUT2D eigenvalue weighted by Crippen LogP contribution is 2.28. The molecule has 4 rings (SSSR count). The molecule has 0 N–H and O–H groups in total. The first kappa shape index (κ1) is 21.6. The minimum Gasteiger partial charge on any atom is -0.376 e. The number of benzene rings is 2. The number of carbonyl (C=O) groups excluding carboxylic acids is 3. The third-order valence-corrected chi connectivity index (χ3v) is 5.80. The third kappa shape index (κ3) is 4.24. The molecule has 9 nitrogen and oxygen atoms in total. The number of nitro benzene ring substituents is 1. The Balaban J connectivity index is 1.63. The molecule has 0 aromatic heterocycles. The molecular weight excluding hydrogens is 414 g/mol. The van der Waals surface area contributed by atoms with Crippen LogP contribution in [0.15, 0.2) is 48.5 Å². The molecular formula is C23H23N3O6. The number of nitrogens with zero attached hydrogens (tertiary/aromatic N) is 3. The van der Waals surface area contributed by atoms with Crippen LogP contribution in [0.1, 0.15) is 35.2 Å². The Labute approximate surface area is 184 Å². The van der Waals surface area contributed by atoms with Crippen molar-refractivity contribution in [3.63, 3.8) is 0 Å². The first-order valence-electron chi connectivity index (χ1n) is 10.5. The number of anilines is 1. The van der Waals surface area contributed by atoms with E-state index in [1.54, 1.807) is 12.1 Å². The zero-order chi connectivity index (χ0) is 22.8. The summed E-state index contributed by atoms with van der Waals surface area (Å²) in [4.78, 5) is 52.3. The maximum absolute atomic E-state index is 13.4. The lowest BCUT2D eigenvalue weighted by Crippen LogP contribution is -2.48. The van der Waals surface area contributed by atoms with Gasteiger partial charge in [0.25, 0.3) is 17.5 Å². The van der Waals surface area contributed by atoms with Gasteiger partial charge in [-0.05, 0) is 44.0 Å². The zero-order valence-electron chi connectivity index (χ0n) is 17.6. The topological polar surface area (TPSA) is 110 Å². The summed E-state index contributed by atoms with van der Waals surface area (Å²) in [6.07, 6.45) is 1.25. The van der Waals surface area contributed by atoms with Gasteiger partial charge >= 0.3 is 0 Å². The Bertz CT molecular complexity index is 1040. The van der Waals surface area contributed by atoms with Crippen molar-refractivity contribution in [1.29, 1.82) is 0 Å². The van der Waals surface area contributed by atoms with E-state index in [4.69, 9.17) is 4.74 Å². The van der Waals surface area contributed by atoms with E-state index in [1.807, 2.05) is 19.1 Å². The number of imide groups is 1. The average molecular weight is 437 g/mol. The number of nitro groups is 1. The van der Waals surface area contributed by atoms with E-state index in [9.17, 15) is 24.5 Å². The van der Waals surface area contributed by atoms with E-state index >= 15 is 0 Å². The first-order valence-corrected chi connectivity index (χ1v) is 10.5. The van der Waals surface area contributed by atoms with Gasteiger partial charge in [-0.2, -0.15) is 0 Å². The van der Waals surface area contributed by atoms with E-state index in [-0.39, 0.29) is 36.2 Å². The largest absolute Gasteiger partial charge is 0.376 e. The molecule has 0 saturated carbocycles. The summed E-state index contributed by atoms with van der Waals surface area (Å²) in [5, 5.41) is 10.9. The lowest BCUT2D eigenvalue weighted by molar-refractivity contribution is -0.384. The minimum absolute atomic E-state index is 0.127. The number of carbonyl (C=O) groups is 3. The van der Waals surface area contributed by atoms with Crippen LogP contribution in [0.25, 0.3) is 0 Å². The predicted octanol–water partition coefficient (Wildman–Crippen LogP) is 2.86. The Morgan fingerprint density at radius 1 is 1.16 bits per heavy atom. The van der Waals surface area contributed by atoms with E-state index in [2.05, 4.69) is 0 Å². The van der Waals surface area contributed by atoms with Crippen molar-refractivity contribution >= 4 is 29.1 Å². The van der Waals surface area contributed by atoms with Gasteiger partial charge in [0.15, 0.2) is 0 Å². The van der Waals surface area contributed by atoms with Crippen LogP contribution in [0.4, 0.5) is 11.4 Å². The van der Waals surface area contributed by atoms with Gasteiger partial charge < -0.3 is 9.64 Å². The monoisotopic (exact) mass is 437 g/mol. The molecule has 2 aromatic rings. The molecule has 2 aromatic carbocycles. The van der Waals surface area contributed by atoms with Gasteiger partial charge in [0.1, 0.15) is 6.04 Å². The smallest absolute Gasteiger partial charge is 0.269 e. The van der Waals surface area contributed by atoms with E-state index < -0.39 is 22.8 Å². The second-order valence-electron chi connectivity index (χ2n) is 8.02. The summed E-state index contributed by atoms with van der Waals surface area (Å²) < 4.78 is 5.67. The van der Waals surface area contributed by atoms with Crippen molar-refractivity contribution in [2.45, 2.75) is 38.3 Å². The summed E-state index contributed by atoms with van der Waals surface area (Å²) in [5.41, 5.74) is 1.54. The zero-order valence-corrected chi connectivity index (χ0v) is 17.6. The van der Waals surface area contributed by atoms with Gasteiger partial charge in [0.05, 0.1) is 23.1 Å². The number of rotatable bonds is 6. The second-order valence-corrected chi connectivity index (χ2v) is 8.02. The van der Waals surface area contributed by atoms with Crippen LogP contribution in [0.3, 0.4) is 0 Å². The van der Waals surface area contributed by atoms with Gasteiger partial charge in [-0.25, -0.2) is 4.90 Å². The van der Waals surface area contributed by atoms with Gasteiger partial charge in [-0.3, -0.25) is 24.5 Å². The minimum atomic E-state index is -0.962. The lowest BCUT2D eigenvalue weighted by atomic mass is 10.1. The fraction of sp³-hybridized carbons (Fsp3) is 0.348. The standard InChI is InChI=1S/C23H23N3O6/c1-15-4-8-17(9-5-15)25-21(27)13-20(23(25)29)24(14-19-3-2-12-32-19)22(28)16-6-10-18(11-7-16)26(30)31/h4-11,19-20H,2-3,12-14H2,1H3. The van der Waals surface area contributed by atoms with E-state index in [1.165, 1.54) is 29.2 Å². The predicted molar refractivity (Wildman–Crippen MR) is 115 cm³/mol. The van der Waals surface area contributed by atoms with E-state index in [0.29, 0.717) is 12.3 Å². The highest BCUT2D eigenvalue weighted by Gasteiger charge is 2.45. The molecule has 2 heterocycles. The Morgan fingerprint density at radius 2 is 1.84 bits per heavy atom. The Morgan fingerprint density at radius 3 is 2.44 bits per heavy atom. The van der Waals surface area contributed by atoms with Crippen LogP contribution >= 0.6 is 0 Å². The molecule has 0 bridgehead atoms. The molecule has 32 heavy (non-hydrogen) atoms. The molecule has 2 unspecified atom stereocenters. The quantitative estimate of drug-likeness (QED) is 0.390. The van der Waals surface area contributed by atoms with Crippen LogP contribution in [-0.2, 0) is 14.3 Å². The molecule has 3 amide bonds. The molecule has 2 aliphatic rings. The average Bonchev–Trinajstić information content (AvgIpc) is 3.40. The van der Waals surface area contributed by atoms with Crippen molar-refractivity contribution in [3.05, 3.63) is 69.8 Å². The maximum Gasteiger partial charge on any atom is 0.269 e. The summed E-state index contributed by atoms with van der Waals surface area (Å²) in [7, 11) is 0.